The van der Waals surface area contributed by atoms with E-state index in [0.717, 1.165) is 0 Å². The summed E-state index contributed by atoms with van der Waals surface area (Å²) in [6, 6.07) is 10.8. The van der Waals surface area contributed by atoms with Gasteiger partial charge in [-0.05, 0) is 30.3 Å². The van der Waals surface area contributed by atoms with Crippen molar-refractivity contribution in [3.05, 3.63) is 48.0 Å². The highest BCUT2D eigenvalue weighted by atomic mass is 32.2. The second kappa shape index (κ2) is 8.66. The van der Waals surface area contributed by atoms with Crippen LogP contribution < -0.4 is 10.6 Å². The lowest BCUT2D eigenvalue weighted by Crippen LogP contribution is -2.20. The SMILES string of the molecule is COC(=O)c1ccccc1NC(=O)CCS(=O)(=O)c1ccc2c(c1)SCC(=O)N2. The molecule has 0 radical (unpaired) electrons. The molecule has 10 heteroatoms. The smallest absolute Gasteiger partial charge is 0.339 e. The number of carbonyl (C=O) groups excluding carboxylic acids is 3. The Balaban J connectivity index is 1.67. The van der Waals surface area contributed by atoms with Gasteiger partial charge in [-0.15, -0.1) is 11.8 Å². The fraction of sp³-hybridized carbons (Fsp3) is 0.211. The number of para-hydroxylation sites is 1. The number of esters is 1. The van der Waals surface area contributed by atoms with E-state index in [4.69, 9.17) is 0 Å². The van der Waals surface area contributed by atoms with Crippen molar-refractivity contribution in [2.75, 3.05) is 29.2 Å². The van der Waals surface area contributed by atoms with Crippen LogP contribution in [0.15, 0.2) is 52.3 Å². The molecule has 1 aliphatic rings. The minimum absolute atomic E-state index is 0.0858. The zero-order valence-electron chi connectivity index (χ0n) is 15.4. The molecule has 0 saturated heterocycles. The van der Waals surface area contributed by atoms with Crippen LogP contribution in [0.25, 0.3) is 0 Å². The van der Waals surface area contributed by atoms with E-state index in [-0.39, 0.29) is 34.2 Å². The lowest BCUT2D eigenvalue weighted by atomic mass is 10.2. The van der Waals surface area contributed by atoms with Crippen LogP contribution >= 0.6 is 11.8 Å². The Bertz CT molecular complexity index is 1080. The number of benzene rings is 2. The molecule has 2 aromatic rings. The van der Waals surface area contributed by atoms with Crippen molar-refractivity contribution in [3.8, 4) is 0 Å². The first kappa shape index (κ1) is 20.9. The molecule has 1 aliphatic heterocycles. The highest BCUT2D eigenvalue weighted by Gasteiger charge is 2.22. The summed E-state index contributed by atoms with van der Waals surface area (Å²) in [6.07, 6.45) is -0.279. The third-order valence-corrected chi connectivity index (χ3v) is 6.92. The number of thioether (sulfide) groups is 1. The normalized spacial score (nSPS) is 13.2. The van der Waals surface area contributed by atoms with Crippen molar-refractivity contribution < 1.29 is 27.5 Å². The van der Waals surface area contributed by atoms with Gasteiger partial charge in [0.1, 0.15) is 0 Å². The molecule has 0 unspecified atom stereocenters. The number of hydrogen-bond acceptors (Lipinski definition) is 7. The summed E-state index contributed by atoms with van der Waals surface area (Å²) >= 11 is 1.26. The van der Waals surface area contributed by atoms with Crippen molar-refractivity contribution in [2.24, 2.45) is 0 Å². The average molecular weight is 434 g/mol. The number of hydrogen-bond donors (Lipinski definition) is 2. The fourth-order valence-corrected chi connectivity index (χ4v) is 4.87. The zero-order valence-corrected chi connectivity index (χ0v) is 17.1. The van der Waals surface area contributed by atoms with Crippen LogP contribution in [0.4, 0.5) is 11.4 Å². The predicted molar refractivity (Wildman–Crippen MR) is 109 cm³/mol. The highest BCUT2D eigenvalue weighted by molar-refractivity contribution is 8.00. The summed E-state index contributed by atoms with van der Waals surface area (Å²) < 4.78 is 29.9. The van der Waals surface area contributed by atoms with Gasteiger partial charge in [0.25, 0.3) is 0 Å². The summed E-state index contributed by atoms with van der Waals surface area (Å²) in [5.41, 5.74) is 1.00. The van der Waals surface area contributed by atoms with Crippen LogP contribution in [0.1, 0.15) is 16.8 Å². The molecule has 0 saturated carbocycles. The first-order chi connectivity index (χ1) is 13.8. The maximum atomic E-state index is 12.6. The fourth-order valence-electron chi connectivity index (χ4n) is 2.69. The molecule has 0 aliphatic carbocycles. The number of methoxy groups -OCH3 is 1. The number of fused-ring (bicyclic) bond motifs is 1. The van der Waals surface area contributed by atoms with Crippen LogP contribution in [0.2, 0.25) is 0 Å². The Morgan fingerprint density at radius 3 is 2.72 bits per heavy atom. The predicted octanol–water partition coefficient (Wildman–Crippen LogP) is 2.32. The lowest BCUT2D eigenvalue weighted by molar-refractivity contribution is -0.116. The van der Waals surface area contributed by atoms with Crippen molar-refractivity contribution in [1.29, 1.82) is 0 Å². The summed E-state index contributed by atoms with van der Waals surface area (Å²) in [7, 11) is -2.47. The van der Waals surface area contributed by atoms with Crippen LogP contribution in [0.3, 0.4) is 0 Å². The van der Waals surface area contributed by atoms with Gasteiger partial charge in [-0.1, -0.05) is 12.1 Å². The Morgan fingerprint density at radius 1 is 1.21 bits per heavy atom. The summed E-state index contributed by atoms with van der Waals surface area (Å²) in [5.74, 6) is -1.45. The number of nitrogens with one attached hydrogen (secondary N) is 2. The Labute approximate surface area is 171 Å². The molecule has 29 heavy (non-hydrogen) atoms. The van der Waals surface area contributed by atoms with Crippen LogP contribution in [-0.2, 0) is 24.2 Å². The molecule has 152 valence electrons. The minimum atomic E-state index is -3.70. The number of sulfone groups is 1. The second-order valence-corrected chi connectivity index (χ2v) is 9.28. The molecule has 2 N–H and O–H groups in total. The van der Waals surface area contributed by atoms with E-state index in [2.05, 4.69) is 15.4 Å². The molecule has 0 atom stereocenters. The standard InChI is InChI=1S/C19H18N2O6S2/c1-27-19(24)13-4-2-3-5-14(13)20-17(22)8-9-29(25,26)12-6-7-15-16(10-12)28-11-18(23)21-15/h2-7,10H,8-9,11H2,1H3,(H,20,22)(H,21,23). The molecule has 0 bridgehead atoms. The third-order valence-electron chi connectivity index (χ3n) is 4.15. The number of amides is 2. The summed E-state index contributed by atoms with van der Waals surface area (Å²) in [5, 5.41) is 5.23. The van der Waals surface area contributed by atoms with Gasteiger partial charge in [0.05, 0.1) is 40.4 Å². The van der Waals surface area contributed by atoms with Gasteiger partial charge in [0, 0.05) is 11.3 Å². The van der Waals surface area contributed by atoms with Crippen LogP contribution in [-0.4, -0.2) is 44.8 Å². The maximum Gasteiger partial charge on any atom is 0.339 e. The Kier molecular flexibility index (Phi) is 6.23. The first-order valence-corrected chi connectivity index (χ1v) is 11.2. The van der Waals surface area contributed by atoms with Gasteiger partial charge < -0.3 is 15.4 Å². The molecule has 0 spiro atoms. The van der Waals surface area contributed by atoms with Gasteiger partial charge in [-0.25, -0.2) is 13.2 Å². The Hall–Kier alpha value is -2.85. The molecular formula is C19H18N2O6S2. The van der Waals surface area contributed by atoms with Crippen molar-refractivity contribution in [3.63, 3.8) is 0 Å². The van der Waals surface area contributed by atoms with Crippen LogP contribution in [0.5, 0.6) is 0 Å². The summed E-state index contributed by atoms with van der Waals surface area (Å²) in [6.45, 7) is 0. The van der Waals surface area contributed by atoms with Crippen molar-refractivity contribution in [1.82, 2.24) is 0 Å². The monoisotopic (exact) mass is 434 g/mol. The summed E-state index contributed by atoms with van der Waals surface area (Å²) in [4.78, 5) is 36.2. The van der Waals surface area contributed by atoms with Gasteiger partial charge >= 0.3 is 5.97 Å². The van der Waals surface area contributed by atoms with Crippen LogP contribution in [0, 0.1) is 0 Å². The van der Waals surface area contributed by atoms with E-state index in [1.54, 1.807) is 18.2 Å². The van der Waals surface area contributed by atoms with E-state index >= 15 is 0 Å². The zero-order chi connectivity index (χ0) is 21.0. The van der Waals surface area contributed by atoms with E-state index < -0.39 is 27.5 Å². The first-order valence-electron chi connectivity index (χ1n) is 8.57. The molecule has 1 heterocycles. The van der Waals surface area contributed by atoms with Crippen molar-refractivity contribution >= 4 is 50.8 Å². The van der Waals surface area contributed by atoms with Gasteiger partial charge in [-0.2, -0.15) is 0 Å². The molecule has 2 amide bonds. The quantitative estimate of drug-likeness (QED) is 0.670. The lowest BCUT2D eigenvalue weighted by Gasteiger charge is -2.17. The number of carbonyl (C=O) groups is 3. The van der Waals surface area contributed by atoms with E-state index in [9.17, 15) is 22.8 Å². The van der Waals surface area contributed by atoms with Crippen molar-refractivity contribution in [2.45, 2.75) is 16.2 Å². The molecular weight excluding hydrogens is 416 g/mol. The number of anilines is 2. The van der Waals surface area contributed by atoms with Gasteiger partial charge in [0.15, 0.2) is 9.84 Å². The third kappa shape index (κ3) is 4.96. The average Bonchev–Trinajstić information content (AvgIpc) is 2.71. The van der Waals surface area contributed by atoms with Gasteiger partial charge in [0.2, 0.25) is 11.8 Å². The maximum absolute atomic E-state index is 12.6. The van der Waals surface area contributed by atoms with E-state index in [0.29, 0.717) is 10.6 Å². The number of rotatable bonds is 6. The molecule has 2 aromatic carbocycles. The molecule has 0 aromatic heterocycles. The molecule has 8 nitrogen and oxygen atoms in total. The van der Waals surface area contributed by atoms with E-state index in [1.807, 2.05) is 0 Å². The Morgan fingerprint density at radius 2 is 1.97 bits per heavy atom. The van der Waals surface area contributed by atoms with Gasteiger partial charge in [-0.3, -0.25) is 9.59 Å². The minimum Gasteiger partial charge on any atom is -0.465 e. The second-order valence-electron chi connectivity index (χ2n) is 6.15. The largest absolute Gasteiger partial charge is 0.465 e. The molecule has 3 rings (SSSR count). The highest BCUT2D eigenvalue weighted by Crippen LogP contribution is 2.33. The van der Waals surface area contributed by atoms with E-state index in [1.165, 1.54) is 43.1 Å². The topological polar surface area (TPSA) is 119 Å². The molecule has 0 fully saturated rings. The number of ether oxygens (including phenoxy) is 1.